The van der Waals surface area contributed by atoms with Crippen molar-refractivity contribution in [3.63, 3.8) is 0 Å². The van der Waals surface area contributed by atoms with Crippen molar-refractivity contribution in [1.29, 1.82) is 0 Å². The lowest BCUT2D eigenvalue weighted by Crippen LogP contribution is -1.84. The minimum Gasteiger partial charge on any atom is -0.103 e. The van der Waals surface area contributed by atoms with E-state index in [0.717, 1.165) is 0 Å². The SMILES string of the molecule is C=CCCCCCCCCCCCCCCCCCCCCCCI. The van der Waals surface area contributed by atoms with Crippen LogP contribution < -0.4 is 0 Å². The van der Waals surface area contributed by atoms with Crippen LogP contribution in [0.3, 0.4) is 0 Å². The first-order valence-electron chi connectivity index (χ1n) is 11.6. The highest BCUT2D eigenvalue weighted by Gasteiger charge is 1.95. The van der Waals surface area contributed by atoms with Crippen LogP contribution in [0.1, 0.15) is 135 Å². The molecular weight excluding hydrogens is 415 g/mol. The number of alkyl halides is 1. The van der Waals surface area contributed by atoms with Crippen LogP contribution >= 0.6 is 22.6 Å². The summed E-state index contributed by atoms with van der Waals surface area (Å²) in [7, 11) is 0. The highest BCUT2D eigenvalue weighted by atomic mass is 127. The molecule has 0 spiro atoms. The van der Waals surface area contributed by atoms with Gasteiger partial charge in [-0.1, -0.05) is 144 Å². The van der Waals surface area contributed by atoms with Crippen LogP contribution in [0.2, 0.25) is 0 Å². The van der Waals surface area contributed by atoms with E-state index >= 15 is 0 Å². The van der Waals surface area contributed by atoms with E-state index in [9.17, 15) is 0 Å². The second-order valence-electron chi connectivity index (χ2n) is 7.84. The third kappa shape index (κ3) is 24.5. The molecule has 0 nitrogen and oxygen atoms in total. The third-order valence-corrected chi connectivity index (χ3v) is 6.05. The molecule has 0 bridgehead atoms. The van der Waals surface area contributed by atoms with Gasteiger partial charge in [0.2, 0.25) is 0 Å². The molecule has 0 aromatic carbocycles. The molecule has 25 heavy (non-hydrogen) atoms. The zero-order chi connectivity index (χ0) is 18.3. The average Bonchev–Trinajstić information content (AvgIpc) is 2.63. The molecule has 0 N–H and O–H groups in total. The van der Waals surface area contributed by atoms with Gasteiger partial charge in [-0.3, -0.25) is 0 Å². The molecule has 0 aliphatic rings. The Kier molecular flexibility index (Phi) is 24.9. The molecule has 0 aliphatic carbocycles. The second kappa shape index (κ2) is 24.5. The Bertz CT molecular complexity index is 236. The van der Waals surface area contributed by atoms with Crippen LogP contribution in [0.25, 0.3) is 0 Å². The van der Waals surface area contributed by atoms with Crippen molar-refractivity contribution < 1.29 is 0 Å². The summed E-state index contributed by atoms with van der Waals surface area (Å²) >= 11 is 2.49. The van der Waals surface area contributed by atoms with E-state index in [1.54, 1.807) is 0 Å². The van der Waals surface area contributed by atoms with Crippen LogP contribution in [0.15, 0.2) is 12.7 Å². The third-order valence-electron chi connectivity index (χ3n) is 5.29. The Hall–Kier alpha value is 0.470. The van der Waals surface area contributed by atoms with E-state index in [0.29, 0.717) is 0 Å². The maximum atomic E-state index is 3.78. The van der Waals surface area contributed by atoms with Crippen molar-refractivity contribution in [2.24, 2.45) is 0 Å². The van der Waals surface area contributed by atoms with E-state index in [4.69, 9.17) is 0 Å². The highest BCUT2D eigenvalue weighted by molar-refractivity contribution is 14.1. The van der Waals surface area contributed by atoms with E-state index in [1.165, 1.54) is 139 Å². The first-order valence-corrected chi connectivity index (χ1v) is 13.1. The summed E-state index contributed by atoms with van der Waals surface area (Å²) in [5.74, 6) is 0. The van der Waals surface area contributed by atoms with Gasteiger partial charge in [0, 0.05) is 0 Å². The van der Waals surface area contributed by atoms with Crippen molar-refractivity contribution in [3.8, 4) is 0 Å². The Labute approximate surface area is 174 Å². The van der Waals surface area contributed by atoms with E-state index in [1.807, 2.05) is 0 Å². The minimum absolute atomic E-state index is 1.21. The van der Waals surface area contributed by atoms with Gasteiger partial charge < -0.3 is 0 Å². The van der Waals surface area contributed by atoms with E-state index in [-0.39, 0.29) is 0 Å². The molecule has 0 amide bonds. The summed E-state index contributed by atoms with van der Waals surface area (Å²) in [5, 5.41) is 0. The summed E-state index contributed by atoms with van der Waals surface area (Å²) in [6, 6.07) is 0. The van der Waals surface area contributed by atoms with Crippen LogP contribution in [0.4, 0.5) is 0 Å². The van der Waals surface area contributed by atoms with Crippen LogP contribution in [0, 0.1) is 0 Å². The molecule has 150 valence electrons. The number of hydrogen-bond acceptors (Lipinski definition) is 0. The molecule has 0 saturated heterocycles. The summed E-state index contributed by atoms with van der Waals surface area (Å²) in [6.07, 6.45) is 32.5. The summed E-state index contributed by atoms with van der Waals surface area (Å²) in [6.45, 7) is 3.78. The van der Waals surface area contributed by atoms with Gasteiger partial charge in [0.25, 0.3) is 0 Å². The highest BCUT2D eigenvalue weighted by Crippen LogP contribution is 2.15. The Morgan fingerprint density at radius 3 is 0.880 bits per heavy atom. The van der Waals surface area contributed by atoms with Crippen molar-refractivity contribution in [1.82, 2.24) is 0 Å². The second-order valence-corrected chi connectivity index (χ2v) is 8.92. The Morgan fingerprint density at radius 1 is 0.400 bits per heavy atom. The smallest absolute Gasteiger partial charge is 0.000473 e. The predicted molar refractivity (Wildman–Crippen MR) is 126 cm³/mol. The fourth-order valence-corrected chi connectivity index (χ4v) is 4.10. The van der Waals surface area contributed by atoms with Gasteiger partial charge in [0.1, 0.15) is 0 Å². The maximum absolute atomic E-state index is 3.78. The van der Waals surface area contributed by atoms with Crippen LogP contribution in [-0.2, 0) is 0 Å². The fourth-order valence-electron chi connectivity index (χ4n) is 3.57. The van der Waals surface area contributed by atoms with Gasteiger partial charge >= 0.3 is 0 Å². The molecular formula is C24H47I. The zero-order valence-corrected chi connectivity index (χ0v) is 19.4. The first-order chi connectivity index (χ1) is 12.4. The molecule has 0 aromatic rings. The Morgan fingerprint density at radius 2 is 0.640 bits per heavy atom. The standard InChI is InChI=1S/C24H47I/c1-2-3-4-5-6-7-8-9-10-11-12-13-14-15-16-17-18-19-20-21-22-23-24-25/h2H,1,3-24H2. The molecule has 1 heteroatoms. The largest absolute Gasteiger partial charge is 0.103 e. The summed E-state index contributed by atoms with van der Waals surface area (Å²) in [4.78, 5) is 0. The lowest BCUT2D eigenvalue weighted by Gasteiger charge is -2.04. The van der Waals surface area contributed by atoms with Crippen molar-refractivity contribution in [3.05, 3.63) is 12.7 Å². The lowest BCUT2D eigenvalue weighted by molar-refractivity contribution is 0.522. The van der Waals surface area contributed by atoms with Gasteiger partial charge in [-0.2, -0.15) is 0 Å². The zero-order valence-electron chi connectivity index (χ0n) is 17.2. The van der Waals surface area contributed by atoms with Gasteiger partial charge in [0.05, 0.1) is 0 Å². The molecule has 0 saturated carbocycles. The predicted octanol–water partition coefficient (Wildman–Crippen LogP) is 9.80. The van der Waals surface area contributed by atoms with Crippen molar-refractivity contribution >= 4 is 22.6 Å². The number of unbranched alkanes of at least 4 members (excludes halogenated alkanes) is 20. The number of halogens is 1. The number of allylic oxidation sites excluding steroid dienone is 1. The monoisotopic (exact) mass is 462 g/mol. The number of rotatable bonds is 22. The maximum Gasteiger partial charge on any atom is -0.000473 e. The topological polar surface area (TPSA) is 0 Å². The molecule has 0 aromatic heterocycles. The quantitative estimate of drug-likeness (QED) is 0.0650. The normalized spacial score (nSPS) is 11.1. The average molecular weight is 463 g/mol. The van der Waals surface area contributed by atoms with Gasteiger partial charge in [-0.25, -0.2) is 0 Å². The summed E-state index contributed by atoms with van der Waals surface area (Å²) < 4.78 is 1.34. The summed E-state index contributed by atoms with van der Waals surface area (Å²) in [5.41, 5.74) is 0. The van der Waals surface area contributed by atoms with E-state index in [2.05, 4.69) is 35.2 Å². The minimum atomic E-state index is 1.21. The first kappa shape index (κ1) is 25.5. The van der Waals surface area contributed by atoms with Crippen LogP contribution in [0.5, 0.6) is 0 Å². The van der Waals surface area contributed by atoms with Crippen LogP contribution in [-0.4, -0.2) is 4.43 Å². The molecule has 0 aliphatic heterocycles. The molecule has 0 fully saturated rings. The van der Waals surface area contributed by atoms with E-state index < -0.39 is 0 Å². The molecule has 0 heterocycles. The Balaban J connectivity index is 2.95. The molecule has 0 rings (SSSR count). The molecule has 0 unspecified atom stereocenters. The number of hydrogen-bond donors (Lipinski definition) is 0. The van der Waals surface area contributed by atoms with Crippen molar-refractivity contribution in [2.45, 2.75) is 135 Å². The van der Waals surface area contributed by atoms with Gasteiger partial charge in [-0.15, -0.1) is 6.58 Å². The van der Waals surface area contributed by atoms with Crippen molar-refractivity contribution in [2.75, 3.05) is 4.43 Å². The molecule has 0 radical (unpaired) electrons. The van der Waals surface area contributed by atoms with Gasteiger partial charge in [-0.05, 0) is 23.7 Å². The van der Waals surface area contributed by atoms with Gasteiger partial charge in [0.15, 0.2) is 0 Å². The fraction of sp³-hybridized carbons (Fsp3) is 0.917. The lowest BCUT2D eigenvalue weighted by atomic mass is 10.0. The molecule has 0 atom stereocenters.